The Hall–Kier alpha value is -4.27. The first-order chi connectivity index (χ1) is 16.1. The molecule has 4 heterocycles. The fourth-order valence-corrected chi connectivity index (χ4v) is 3.82. The van der Waals surface area contributed by atoms with Gasteiger partial charge in [0.25, 0.3) is 5.91 Å². The Bertz CT molecular complexity index is 1360. The van der Waals surface area contributed by atoms with E-state index in [1.54, 1.807) is 29.3 Å². The molecule has 0 spiro atoms. The topological polar surface area (TPSA) is 104 Å². The van der Waals surface area contributed by atoms with Gasteiger partial charge >= 0.3 is 5.63 Å². The maximum absolute atomic E-state index is 13.0. The monoisotopic (exact) mass is 442 g/mol. The van der Waals surface area contributed by atoms with E-state index < -0.39 is 5.63 Å². The minimum Gasteiger partial charge on any atom is -0.422 e. The number of para-hydroxylation sites is 1. The number of carbonyl (C=O) groups is 1. The zero-order valence-electron chi connectivity index (χ0n) is 18.1. The van der Waals surface area contributed by atoms with Crippen LogP contribution in [0.4, 0.5) is 17.5 Å². The van der Waals surface area contributed by atoms with Gasteiger partial charge in [-0.1, -0.05) is 18.2 Å². The second kappa shape index (κ2) is 8.70. The highest BCUT2D eigenvalue weighted by molar-refractivity contribution is 5.96. The summed E-state index contributed by atoms with van der Waals surface area (Å²) < 4.78 is 5.31. The highest BCUT2D eigenvalue weighted by Crippen LogP contribution is 2.19. The Morgan fingerprint density at radius 2 is 1.79 bits per heavy atom. The number of pyridine rings is 1. The molecule has 1 saturated heterocycles. The molecular formula is C24H22N6O3. The van der Waals surface area contributed by atoms with Crippen LogP contribution < -0.4 is 15.8 Å². The third-order valence-corrected chi connectivity index (χ3v) is 5.58. The van der Waals surface area contributed by atoms with Crippen molar-refractivity contribution < 1.29 is 9.21 Å². The number of benzene rings is 1. The van der Waals surface area contributed by atoms with Gasteiger partial charge in [0.05, 0.1) is 0 Å². The first-order valence-electron chi connectivity index (χ1n) is 10.7. The summed E-state index contributed by atoms with van der Waals surface area (Å²) in [6.45, 7) is 4.12. The Balaban J connectivity index is 1.23. The lowest BCUT2D eigenvalue weighted by Gasteiger charge is -2.35. The van der Waals surface area contributed by atoms with Gasteiger partial charge < -0.3 is 19.5 Å². The molecule has 5 rings (SSSR count). The van der Waals surface area contributed by atoms with Gasteiger partial charge in [-0.2, -0.15) is 0 Å². The number of rotatable bonds is 4. The average Bonchev–Trinajstić information content (AvgIpc) is 2.84. The molecule has 0 saturated carbocycles. The highest BCUT2D eigenvalue weighted by Gasteiger charge is 2.25. The van der Waals surface area contributed by atoms with E-state index >= 15 is 0 Å². The van der Waals surface area contributed by atoms with Gasteiger partial charge in [-0.25, -0.2) is 9.78 Å². The van der Waals surface area contributed by atoms with E-state index in [1.807, 2.05) is 43.3 Å². The second-order valence-electron chi connectivity index (χ2n) is 7.88. The van der Waals surface area contributed by atoms with E-state index in [2.05, 4.69) is 25.4 Å². The fraction of sp³-hybridized carbons (Fsp3) is 0.208. The molecule has 0 atom stereocenters. The number of aromatic nitrogens is 3. The summed E-state index contributed by atoms with van der Waals surface area (Å²) >= 11 is 0. The molecule has 0 aliphatic carbocycles. The van der Waals surface area contributed by atoms with E-state index in [9.17, 15) is 9.59 Å². The van der Waals surface area contributed by atoms with Crippen LogP contribution in [-0.4, -0.2) is 52.2 Å². The lowest BCUT2D eigenvalue weighted by molar-refractivity contribution is 0.0742. The van der Waals surface area contributed by atoms with Crippen LogP contribution in [0.5, 0.6) is 0 Å². The van der Waals surface area contributed by atoms with Crippen molar-refractivity contribution >= 4 is 34.3 Å². The predicted molar refractivity (Wildman–Crippen MR) is 125 cm³/mol. The Kier molecular flexibility index (Phi) is 5.43. The average molecular weight is 442 g/mol. The van der Waals surface area contributed by atoms with Crippen LogP contribution >= 0.6 is 0 Å². The van der Waals surface area contributed by atoms with Crippen molar-refractivity contribution in [3.8, 4) is 0 Å². The molecule has 33 heavy (non-hydrogen) atoms. The summed E-state index contributed by atoms with van der Waals surface area (Å²) in [7, 11) is 0. The summed E-state index contributed by atoms with van der Waals surface area (Å²) in [6.07, 6.45) is 1.74. The normalized spacial score (nSPS) is 13.8. The van der Waals surface area contributed by atoms with Gasteiger partial charge in [0.15, 0.2) is 11.6 Å². The fourth-order valence-electron chi connectivity index (χ4n) is 3.82. The Morgan fingerprint density at radius 1 is 0.970 bits per heavy atom. The van der Waals surface area contributed by atoms with Crippen LogP contribution in [0, 0.1) is 6.92 Å². The van der Waals surface area contributed by atoms with Gasteiger partial charge in [0.1, 0.15) is 17.0 Å². The molecule has 1 N–H and O–H groups in total. The number of carbonyl (C=O) groups excluding carboxylic acids is 1. The number of anilines is 3. The Labute approximate surface area is 189 Å². The summed E-state index contributed by atoms with van der Waals surface area (Å²) in [5, 5.41) is 12.4. The van der Waals surface area contributed by atoms with E-state index in [1.165, 1.54) is 0 Å². The molecule has 0 radical (unpaired) electrons. The van der Waals surface area contributed by atoms with Crippen molar-refractivity contribution in [1.29, 1.82) is 0 Å². The smallest absolute Gasteiger partial charge is 0.349 e. The van der Waals surface area contributed by atoms with E-state index in [-0.39, 0.29) is 11.5 Å². The van der Waals surface area contributed by atoms with Crippen LogP contribution in [0.2, 0.25) is 0 Å². The first-order valence-corrected chi connectivity index (χ1v) is 10.7. The molecule has 1 amide bonds. The summed E-state index contributed by atoms with van der Waals surface area (Å²) in [6, 6.07) is 16.4. The van der Waals surface area contributed by atoms with E-state index in [0.717, 1.165) is 16.8 Å². The minimum atomic E-state index is -0.613. The number of hydrogen-bond acceptors (Lipinski definition) is 8. The van der Waals surface area contributed by atoms with Crippen LogP contribution in [-0.2, 0) is 0 Å². The number of fused-ring (bicyclic) bond motifs is 1. The molecule has 9 nitrogen and oxygen atoms in total. The number of hydrogen-bond donors (Lipinski definition) is 1. The van der Waals surface area contributed by atoms with Crippen LogP contribution in [0.3, 0.4) is 0 Å². The predicted octanol–water partition coefficient (Wildman–Crippen LogP) is 2.99. The van der Waals surface area contributed by atoms with Crippen molar-refractivity contribution in [3.05, 3.63) is 82.3 Å². The van der Waals surface area contributed by atoms with Gasteiger partial charge in [0, 0.05) is 37.8 Å². The molecule has 1 aliphatic heterocycles. The number of aryl methyl sites for hydroxylation is 1. The number of amides is 1. The highest BCUT2D eigenvalue weighted by atomic mass is 16.4. The summed E-state index contributed by atoms with van der Waals surface area (Å²) in [5.41, 5.74) is 1.02. The van der Waals surface area contributed by atoms with Crippen LogP contribution in [0.1, 0.15) is 15.9 Å². The first kappa shape index (κ1) is 20.6. The van der Waals surface area contributed by atoms with Crippen molar-refractivity contribution in [2.24, 2.45) is 0 Å². The zero-order chi connectivity index (χ0) is 22.8. The lowest BCUT2D eigenvalue weighted by atomic mass is 10.1. The van der Waals surface area contributed by atoms with Crippen LogP contribution in [0.25, 0.3) is 11.0 Å². The van der Waals surface area contributed by atoms with Crippen molar-refractivity contribution in [2.45, 2.75) is 6.92 Å². The van der Waals surface area contributed by atoms with E-state index in [0.29, 0.717) is 43.4 Å². The maximum atomic E-state index is 13.0. The molecular weight excluding hydrogens is 420 g/mol. The summed E-state index contributed by atoms with van der Waals surface area (Å²) in [4.78, 5) is 33.3. The van der Waals surface area contributed by atoms with Crippen molar-refractivity contribution in [2.75, 3.05) is 36.4 Å². The molecule has 3 aromatic heterocycles. The molecule has 9 heteroatoms. The maximum Gasteiger partial charge on any atom is 0.349 e. The van der Waals surface area contributed by atoms with Gasteiger partial charge in [-0.15, -0.1) is 10.2 Å². The minimum absolute atomic E-state index is 0.0575. The standard InChI is InChI=1S/C24H22N6O3/c1-16-8-9-25-21(14-16)26-20-6-7-22(28-27-20)29-10-12-30(13-11-29)23(31)18-15-17-4-2-3-5-19(17)33-24(18)32/h2-9,14-15H,10-13H2,1H3,(H,25,26,27). The zero-order valence-corrected chi connectivity index (χ0v) is 18.1. The molecule has 1 aromatic carbocycles. The molecule has 0 bridgehead atoms. The van der Waals surface area contributed by atoms with Gasteiger partial charge in [-0.3, -0.25) is 4.79 Å². The Morgan fingerprint density at radius 3 is 2.55 bits per heavy atom. The number of nitrogens with one attached hydrogen (secondary N) is 1. The quantitative estimate of drug-likeness (QED) is 0.481. The van der Waals surface area contributed by atoms with E-state index in [4.69, 9.17) is 4.42 Å². The summed E-state index contributed by atoms with van der Waals surface area (Å²) in [5.74, 6) is 1.73. The molecule has 1 fully saturated rings. The lowest BCUT2D eigenvalue weighted by Crippen LogP contribution is -2.49. The molecule has 166 valence electrons. The van der Waals surface area contributed by atoms with Crippen LogP contribution in [0.15, 0.2) is 70.0 Å². The third-order valence-electron chi connectivity index (χ3n) is 5.58. The van der Waals surface area contributed by atoms with Gasteiger partial charge in [0.2, 0.25) is 0 Å². The molecule has 4 aromatic rings. The van der Waals surface area contributed by atoms with Gasteiger partial charge in [-0.05, 0) is 48.9 Å². The molecule has 1 aliphatic rings. The SMILES string of the molecule is Cc1ccnc(Nc2ccc(N3CCN(C(=O)c4cc5ccccc5oc4=O)CC3)nn2)c1. The molecule has 0 unspecified atom stereocenters. The number of nitrogens with zero attached hydrogens (tertiary/aromatic N) is 5. The third kappa shape index (κ3) is 4.38. The van der Waals surface area contributed by atoms with Crippen molar-refractivity contribution in [1.82, 2.24) is 20.1 Å². The second-order valence-corrected chi connectivity index (χ2v) is 7.88. The largest absolute Gasteiger partial charge is 0.422 e. The number of piperazine rings is 1. The van der Waals surface area contributed by atoms with Crippen molar-refractivity contribution in [3.63, 3.8) is 0 Å².